The fourth-order valence-electron chi connectivity index (χ4n) is 6.09. The number of nitrogens with one attached hydrogen (secondary N) is 2. The van der Waals surface area contributed by atoms with Crippen LogP contribution in [0.1, 0.15) is 24.4 Å². The van der Waals surface area contributed by atoms with Gasteiger partial charge in [0.25, 0.3) is 0 Å². The van der Waals surface area contributed by atoms with E-state index in [2.05, 4.69) is 41.1 Å². The number of hydrogen-bond acceptors (Lipinski definition) is 8. The summed E-state index contributed by atoms with van der Waals surface area (Å²) in [7, 11) is 3.89. The van der Waals surface area contributed by atoms with Gasteiger partial charge in [-0.2, -0.15) is 5.10 Å². The number of likely N-dealkylation sites (tertiary alicyclic amines) is 1. The lowest BCUT2D eigenvalue weighted by molar-refractivity contribution is 0.237. The van der Waals surface area contributed by atoms with Crippen molar-refractivity contribution in [3.05, 3.63) is 78.6 Å². The van der Waals surface area contributed by atoms with Gasteiger partial charge in [0, 0.05) is 70.7 Å². The summed E-state index contributed by atoms with van der Waals surface area (Å²) in [5.74, 6) is 0.386. The summed E-state index contributed by atoms with van der Waals surface area (Å²) in [6, 6.07) is 12.5. The first-order valence-electron chi connectivity index (χ1n) is 15.3. The summed E-state index contributed by atoms with van der Waals surface area (Å²) in [5, 5.41) is 9.38. The molecule has 11 heteroatoms. The molecule has 1 aromatic carbocycles. The average molecular weight is 606 g/mol. The summed E-state index contributed by atoms with van der Waals surface area (Å²) >= 11 is 0. The third-order valence-electron chi connectivity index (χ3n) is 8.32. The SMILES string of the molecule is CN(C)CC(N)c1cc(F)cc(-c2nccc3[nH]c(-c4n[nH]c5ncc(-c6cncc(OCCN7CCCC7)c6)cc45)cc23)c1. The standard InChI is InChI=1S/C34H36FN9O/c1-43(2)20-29(36)21-11-22(13-25(35)12-21)32-27-16-31(40-30(27)5-6-38-32)33-28-15-24(18-39-34(28)42-41-33)23-14-26(19-37-17-23)45-10-9-44-7-3-4-8-44/h5-6,11-19,29,40H,3-4,7-10,20,36H2,1-2H3,(H,39,41,42). The molecule has 0 saturated carbocycles. The number of aromatic amines is 2. The van der Waals surface area contributed by atoms with Crippen molar-refractivity contribution in [1.82, 2.24) is 39.9 Å². The normalized spacial score (nSPS) is 14.6. The third kappa shape index (κ3) is 6.15. The highest BCUT2D eigenvalue weighted by molar-refractivity contribution is 6.00. The molecular weight excluding hydrogens is 569 g/mol. The Labute approximate surface area is 260 Å². The van der Waals surface area contributed by atoms with E-state index in [0.717, 1.165) is 69.8 Å². The van der Waals surface area contributed by atoms with Gasteiger partial charge in [0.2, 0.25) is 0 Å². The summed E-state index contributed by atoms with van der Waals surface area (Å²) in [5.41, 5.74) is 13.3. The molecule has 5 aromatic heterocycles. The van der Waals surface area contributed by atoms with Gasteiger partial charge in [-0.05, 0) is 88.1 Å². The number of hydrogen-bond donors (Lipinski definition) is 3. The van der Waals surface area contributed by atoms with Crippen molar-refractivity contribution in [3.63, 3.8) is 0 Å². The van der Waals surface area contributed by atoms with Crippen molar-refractivity contribution in [1.29, 1.82) is 0 Å². The molecule has 4 N–H and O–H groups in total. The zero-order valence-corrected chi connectivity index (χ0v) is 25.4. The number of fused-ring (bicyclic) bond motifs is 2. The first kappa shape index (κ1) is 29.0. The number of rotatable bonds is 10. The summed E-state index contributed by atoms with van der Waals surface area (Å²) < 4.78 is 20.8. The highest BCUT2D eigenvalue weighted by Crippen LogP contribution is 2.35. The molecule has 1 fully saturated rings. The first-order chi connectivity index (χ1) is 21.9. The van der Waals surface area contributed by atoms with Crippen molar-refractivity contribution in [2.24, 2.45) is 5.73 Å². The van der Waals surface area contributed by atoms with Gasteiger partial charge in [0.1, 0.15) is 23.9 Å². The van der Waals surface area contributed by atoms with E-state index >= 15 is 0 Å². The van der Waals surface area contributed by atoms with Crippen molar-refractivity contribution in [3.8, 4) is 39.5 Å². The van der Waals surface area contributed by atoms with Gasteiger partial charge in [0.05, 0.1) is 17.6 Å². The van der Waals surface area contributed by atoms with Crippen LogP contribution < -0.4 is 10.5 Å². The van der Waals surface area contributed by atoms with Crippen molar-refractivity contribution in [2.45, 2.75) is 18.9 Å². The molecule has 1 aliphatic rings. The maximum absolute atomic E-state index is 14.8. The molecule has 6 heterocycles. The number of pyridine rings is 3. The predicted octanol–water partition coefficient (Wildman–Crippen LogP) is 5.41. The van der Waals surface area contributed by atoms with E-state index in [9.17, 15) is 4.39 Å². The highest BCUT2D eigenvalue weighted by atomic mass is 19.1. The molecule has 7 rings (SSSR count). The molecule has 6 aromatic rings. The number of halogens is 1. The van der Waals surface area contributed by atoms with Crippen LogP contribution in [0.3, 0.4) is 0 Å². The van der Waals surface area contributed by atoms with E-state index in [-0.39, 0.29) is 11.9 Å². The molecular formula is C34H36FN9O. The number of benzene rings is 1. The Balaban J connectivity index is 1.19. The number of nitrogens with two attached hydrogens (primary N) is 1. The van der Waals surface area contributed by atoms with Crippen molar-refractivity contribution < 1.29 is 9.13 Å². The van der Waals surface area contributed by atoms with Crippen LogP contribution in [0.5, 0.6) is 5.75 Å². The quantitative estimate of drug-likeness (QED) is 0.190. The Morgan fingerprint density at radius 2 is 1.80 bits per heavy atom. The van der Waals surface area contributed by atoms with E-state index < -0.39 is 0 Å². The smallest absolute Gasteiger partial charge is 0.155 e. The first-order valence-corrected chi connectivity index (χ1v) is 15.3. The lowest BCUT2D eigenvalue weighted by Gasteiger charge is -2.18. The Morgan fingerprint density at radius 3 is 2.64 bits per heavy atom. The molecule has 1 atom stereocenters. The fraction of sp³-hybridized carbons (Fsp3) is 0.294. The van der Waals surface area contributed by atoms with Gasteiger partial charge in [-0.1, -0.05) is 0 Å². The number of H-pyrrole nitrogens is 2. The van der Waals surface area contributed by atoms with Crippen LogP contribution in [0.25, 0.3) is 55.7 Å². The number of nitrogens with zero attached hydrogens (tertiary/aromatic N) is 6. The Morgan fingerprint density at radius 1 is 0.956 bits per heavy atom. The lowest BCUT2D eigenvalue weighted by Crippen LogP contribution is -2.26. The van der Waals surface area contributed by atoms with E-state index in [0.29, 0.717) is 30.1 Å². The topological polar surface area (TPSA) is 125 Å². The molecule has 230 valence electrons. The van der Waals surface area contributed by atoms with Crippen LogP contribution in [0.15, 0.2) is 67.3 Å². The van der Waals surface area contributed by atoms with E-state index in [1.165, 1.54) is 25.0 Å². The predicted molar refractivity (Wildman–Crippen MR) is 174 cm³/mol. The molecule has 1 saturated heterocycles. The van der Waals surface area contributed by atoms with Crippen LogP contribution >= 0.6 is 0 Å². The van der Waals surface area contributed by atoms with Crippen LogP contribution in [0.4, 0.5) is 4.39 Å². The minimum absolute atomic E-state index is 0.329. The van der Waals surface area contributed by atoms with E-state index in [4.69, 9.17) is 10.5 Å². The second kappa shape index (κ2) is 12.4. The zero-order valence-electron chi connectivity index (χ0n) is 25.4. The Hall–Kier alpha value is -4.71. The van der Waals surface area contributed by atoms with Gasteiger partial charge in [0.15, 0.2) is 5.65 Å². The van der Waals surface area contributed by atoms with Crippen LogP contribution in [-0.4, -0.2) is 86.8 Å². The third-order valence-corrected chi connectivity index (χ3v) is 8.32. The van der Waals surface area contributed by atoms with Gasteiger partial charge in [-0.15, -0.1) is 0 Å². The maximum atomic E-state index is 14.8. The number of aromatic nitrogens is 6. The van der Waals surface area contributed by atoms with Gasteiger partial charge >= 0.3 is 0 Å². The highest BCUT2D eigenvalue weighted by Gasteiger charge is 2.18. The fourth-order valence-corrected chi connectivity index (χ4v) is 6.09. The minimum atomic E-state index is -0.348. The number of ether oxygens (including phenoxy) is 1. The van der Waals surface area contributed by atoms with Crippen molar-refractivity contribution in [2.75, 3.05) is 46.9 Å². The van der Waals surface area contributed by atoms with Crippen LogP contribution in [-0.2, 0) is 0 Å². The molecule has 0 spiro atoms. The molecule has 1 unspecified atom stereocenters. The second-order valence-corrected chi connectivity index (χ2v) is 11.9. The second-order valence-electron chi connectivity index (χ2n) is 11.9. The van der Waals surface area contributed by atoms with Crippen molar-refractivity contribution >= 4 is 21.9 Å². The molecule has 10 nitrogen and oxygen atoms in total. The van der Waals surface area contributed by atoms with E-state index in [1.54, 1.807) is 12.4 Å². The Kier molecular flexibility index (Phi) is 7.97. The monoisotopic (exact) mass is 605 g/mol. The summed E-state index contributed by atoms with van der Waals surface area (Å²) in [6.07, 6.45) is 9.62. The van der Waals surface area contributed by atoms with Crippen LogP contribution in [0, 0.1) is 5.82 Å². The van der Waals surface area contributed by atoms with Gasteiger partial charge in [-0.3, -0.25) is 20.0 Å². The van der Waals surface area contributed by atoms with Gasteiger partial charge in [-0.25, -0.2) is 9.37 Å². The molecule has 0 bridgehead atoms. The molecule has 1 aliphatic heterocycles. The number of likely N-dealkylation sites (N-methyl/N-ethyl adjacent to an activating group) is 1. The zero-order chi connectivity index (χ0) is 30.9. The van der Waals surface area contributed by atoms with E-state index in [1.807, 2.05) is 55.7 Å². The largest absolute Gasteiger partial charge is 0.491 e. The molecule has 0 aliphatic carbocycles. The molecule has 45 heavy (non-hydrogen) atoms. The van der Waals surface area contributed by atoms with Crippen LogP contribution in [0.2, 0.25) is 0 Å². The Bertz CT molecular complexity index is 1960. The molecule has 0 radical (unpaired) electrons. The average Bonchev–Trinajstić information content (AvgIpc) is 3.80. The summed E-state index contributed by atoms with van der Waals surface area (Å²) in [6.45, 7) is 4.44. The maximum Gasteiger partial charge on any atom is 0.155 e. The minimum Gasteiger partial charge on any atom is -0.491 e. The van der Waals surface area contributed by atoms with Gasteiger partial charge < -0.3 is 20.4 Å². The summed E-state index contributed by atoms with van der Waals surface area (Å²) in [4.78, 5) is 21.6. The molecule has 0 amide bonds. The lowest BCUT2D eigenvalue weighted by atomic mass is 10.0.